The van der Waals surface area contributed by atoms with Crippen molar-refractivity contribution in [2.45, 2.75) is 12.2 Å². The molecule has 0 aliphatic heterocycles. The zero-order chi connectivity index (χ0) is 4.28. The number of rotatable bonds is 1. The Hall–Kier alpha value is 0.285. The monoisotopic (exact) mass is 85.0 g/mol. The third kappa shape index (κ3) is 4.28. The van der Waals surface area contributed by atoms with Gasteiger partial charge < -0.3 is 0 Å². The zero-order valence-corrected chi connectivity index (χ0v) is 4.07. The van der Waals surface area contributed by atoms with Crippen LogP contribution in [0.3, 0.4) is 0 Å². The molecule has 0 rings (SSSR count). The Kier molecular flexibility index (Phi) is 2.66. The van der Waals surface area contributed by atoms with Crippen molar-refractivity contribution in [3.8, 4) is 0 Å². The first kappa shape index (κ1) is 5.28. The van der Waals surface area contributed by atoms with Crippen LogP contribution in [0, 0.1) is 0 Å². The molecule has 0 amide bonds. The van der Waals surface area contributed by atoms with Crippen molar-refractivity contribution in [3.05, 3.63) is 0 Å². The van der Waals surface area contributed by atoms with Gasteiger partial charge in [0.2, 0.25) is 0 Å². The van der Waals surface area contributed by atoms with Gasteiger partial charge in [0.05, 0.1) is 0 Å². The van der Waals surface area contributed by atoms with E-state index in [4.69, 9.17) is 7.49 Å². The molecule has 0 saturated heterocycles. The van der Waals surface area contributed by atoms with Gasteiger partial charge in [-0.05, 0) is 0 Å². The molecule has 0 spiro atoms. The molecular formula is C3H6BS. The van der Waals surface area contributed by atoms with Crippen LogP contribution in [0.5, 0.6) is 0 Å². The van der Waals surface area contributed by atoms with Crippen LogP contribution in [0.2, 0.25) is 0 Å². The molecular weight excluding hydrogens is 78.9 g/mol. The van der Waals surface area contributed by atoms with Crippen LogP contribution < -0.4 is 0 Å². The van der Waals surface area contributed by atoms with Crippen LogP contribution >= 0.6 is 12.6 Å². The van der Waals surface area contributed by atoms with Crippen molar-refractivity contribution >= 4 is 26.1 Å². The molecule has 0 aromatic rings. The van der Waals surface area contributed by atoms with Crippen molar-refractivity contribution in [1.29, 1.82) is 0 Å². The van der Waals surface area contributed by atoms with Crippen molar-refractivity contribution in [2.75, 3.05) is 0 Å². The van der Waals surface area contributed by atoms with Crippen LogP contribution in [-0.4, -0.2) is 18.7 Å². The van der Waals surface area contributed by atoms with Crippen molar-refractivity contribution in [2.24, 2.45) is 0 Å². The molecule has 27 valence electrons. The van der Waals surface area contributed by atoms with Gasteiger partial charge in [0, 0.05) is 0 Å². The predicted octanol–water partition coefficient (Wildman–Crippen LogP) is 0.275. The van der Waals surface area contributed by atoms with Crippen LogP contribution in [0.4, 0.5) is 0 Å². The minimum atomic E-state index is 0.231. The van der Waals surface area contributed by atoms with Gasteiger partial charge >= 0.3 is 38.3 Å². The summed E-state index contributed by atoms with van der Waals surface area (Å²) in [6.45, 7) is 1.91. The molecule has 0 aromatic heterocycles. The second-order valence-electron chi connectivity index (χ2n) is 0.933. The van der Waals surface area contributed by atoms with E-state index in [9.17, 15) is 0 Å². The Labute approximate surface area is 39.1 Å². The molecule has 0 aliphatic carbocycles. The van der Waals surface area contributed by atoms with E-state index in [1.807, 2.05) is 6.92 Å². The fourth-order valence-corrected chi connectivity index (χ4v) is 0. The van der Waals surface area contributed by atoms with E-state index in [1.54, 1.807) is 0 Å². The van der Waals surface area contributed by atoms with E-state index >= 15 is 0 Å². The van der Waals surface area contributed by atoms with Crippen LogP contribution in [0.15, 0.2) is 0 Å². The van der Waals surface area contributed by atoms with Gasteiger partial charge in [-0.2, -0.15) is 0 Å². The van der Waals surface area contributed by atoms with Crippen molar-refractivity contribution in [3.63, 3.8) is 0 Å². The van der Waals surface area contributed by atoms with Gasteiger partial charge in [0.1, 0.15) is 0 Å². The second kappa shape index (κ2) is 2.52. The SMILES string of the molecule is [B]=CC(C)S. The quantitative estimate of drug-likeness (QED) is 0.343. The molecule has 2 heteroatoms. The molecule has 0 saturated carbocycles. The first-order valence-corrected chi connectivity index (χ1v) is 2.02. The van der Waals surface area contributed by atoms with Gasteiger partial charge in [-0.3, -0.25) is 0 Å². The van der Waals surface area contributed by atoms with E-state index in [-0.39, 0.29) is 5.25 Å². The summed E-state index contributed by atoms with van der Waals surface area (Å²) in [5.41, 5.74) is 0. The van der Waals surface area contributed by atoms with E-state index in [2.05, 4.69) is 12.6 Å². The average molecular weight is 85.0 g/mol. The molecule has 0 bridgehead atoms. The van der Waals surface area contributed by atoms with E-state index in [0.717, 1.165) is 0 Å². The topological polar surface area (TPSA) is 0 Å². The second-order valence-corrected chi connectivity index (χ2v) is 1.75. The first-order chi connectivity index (χ1) is 2.27. The van der Waals surface area contributed by atoms with Crippen LogP contribution in [0.1, 0.15) is 6.92 Å². The summed E-state index contributed by atoms with van der Waals surface area (Å²) in [5, 5.41) is 0.231. The maximum atomic E-state index is 4.97. The van der Waals surface area contributed by atoms with Gasteiger partial charge in [-0.25, -0.2) is 0 Å². The Balaban J connectivity index is 2.83. The van der Waals surface area contributed by atoms with Gasteiger partial charge in [-0.1, -0.05) is 0 Å². The average Bonchev–Trinajstić information content (AvgIpc) is 1.38. The summed E-state index contributed by atoms with van der Waals surface area (Å²) in [6.07, 6.45) is 0. The zero-order valence-electron chi connectivity index (χ0n) is 3.18. The van der Waals surface area contributed by atoms with Crippen LogP contribution in [-0.2, 0) is 0 Å². The van der Waals surface area contributed by atoms with Crippen LogP contribution in [0.25, 0.3) is 0 Å². The predicted molar refractivity (Wildman–Crippen MR) is 30.3 cm³/mol. The number of hydrogen-bond donors (Lipinski definition) is 1. The summed E-state index contributed by atoms with van der Waals surface area (Å²) < 4.78 is 0. The molecule has 0 aromatic carbocycles. The molecule has 1 radical (unpaired) electrons. The summed E-state index contributed by atoms with van der Waals surface area (Å²) in [6, 6.07) is 0. The summed E-state index contributed by atoms with van der Waals surface area (Å²) in [5.74, 6) is 1.53. The third-order valence-electron chi connectivity index (χ3n) is 0.279. The van der Waals surface area contributed by atoms with E-state index in [0.29, 0.717) is 0 Å². The number of thiol groups is 1. The molecule has 5 heavy (non-hydrogen) atoms. The Morgan fingerprint density at radius 1 is 2.00 bits per heavy atom. The Morgan fingerprint density at radius 3 is 2.20 bits per heavy atom. The normalized spacial score (nSPS) is 13.8. The molecule has 0 heterocycles. The summed E-state index contributed by atoms with van der Waals surface area (Å²) in [7, 11) is 4.97. The third-order valence-corrected chi connectivity index (χ3v) is 0.451. The molecule has 0 nitrogen and oxygen atoms in total. The fraction of sp³-hybridized carbons (Fsp3) is 0.667. The fourth-order valence-electron chi connectivity index (χ4n) is 0. The van der Waals surface area contributed by atoms with Gasteiger partial charge in [0.25, 0.3) is 0 Å². The number of hydrogen-bond acceptors (Lipinski definition) is 1. The minimum absolute atomic E-state index is 0.231. The van der Waals surface area contributed by atoms with Gasteiger partial charge in [0.15, 0.2) is 0 Å². The first-order valence-electron chi connectivity index (χ1n) is 1.50. The van der Waals surface area contributed by atoms with Crippen molar-refractivity contribution < 1.29 is 0 Å². The molecule has 1 unspecified atom stereocenters. The molecule has 0 aliphatic rings. The Morgan fingerprint density at radius 2 is 2.20 bits per heavy atom. The molecule has 1 atom stereocenters. The summed E-state index contributed by atoms with van der Waals surface area (Å²) in [4.78, 5) is 0. The van der Waals surface area contributed by atoms with Gasteiger partial charge in [-0.15, -0.1) is 0 Å². The van der Waals surface area contributed by atoms with E-state index in [1.165, 1.54) is 5.97 Å². The maximum absolute atomic E-state index is 4.97. The standard InChI is InChI=1S/C3H6BS/c1-3(5)2-4/h2-3,5H,1H3. The Bertz CT molecular complexity index is 33.9. The molecule has 0 N–H and O–H groups in total. The summed E-state index contributed by atoms with van der Waals surface area (Å²) >= 11 is 3.92. The van der Waals surface area contributed by atoms with E-state index < -0.39 is 0 Å². The van der Waals surface area contributed by atoms with Crippen molar-refractivity contribution in [1.82, 2.24) is 0 Å². The molecule has 0 fully saturated rings.